The number of para-hydroxylation sites is 1. The first-order valence-electron chi connectivity index (χ1n) is 9.76. The van der Waals surface area contributed by atoms with E-state index in [1.807, 2.05) is 24.3 Å². The molecule has 2 atom stereocenters. The van der Waals surface area contributed by atoms with Crippen LogP contribution in [0.1, 0.15) is 42.3 Å². The molecule has 2 aromatic rings. The molecule has 1 aliphatic heterocycles. The molecular formula is C21H25N3O3S. The maximum absolute atomic E-state index is 12.9. The Bertz CT molecular complexity index is 895. The molecule has 0 saturated carbocycles. The van der Waals surface area contributed by atoms with Crippen LogP contribution >= 0.6 is 11.3 Å². The lowest BCUT2D eigenvalue weighted by Gasteiger charge is -2.24. The number of nitrogens with zero attached hydrogens (tertiary/aromatic N) is 2. The zero-order chi connectivity index (χ0) is 19.7. The number of thiazole rings is 1. The second-order valence-electron chi connectivity index (χ2n) is 7.61. The Morgan fingerprint density at radius 2 is 2.14 bits per heavy atom. The fraction of sp³-hybridized carbons (Fsp3) is 0.476. The van der Waals surface area contributed by atoms with Gasteiger partial charge in [-0.05, 0) is 37.7 Å². The van der Waals surface area contributed by atoms with Gasteiger partial charge < -0.3 is 15.0 Å². The number of fused-ring (bicyclic) bond motifs is 1. The van der Waals surface area contributed by atoms with Crippen molar-refractivity contribution in [2.45, 2.75) is 51.6 Å². The van der Waals surface area contributed by atoms with Crippen LogP contribution in [0.25, 0.3) is 0 Å². The van der Waals surface area contributed by atoms with Crippen molar-refractivity contribution >= 4 is 28.3 Å². The molecule has 1 fully saturated rings. The van der Waals surface area contributed by atoms with Crippen molar-refractivity contribution in [3.8, 4) is 5.75 Å². The number of hydrogen-bond donors (Lipinski definition) is 1. The lowest BCUT2D eigenvalue weighted by Crippen LogP contribution is -2.41. The largest absolute Gasteiger partial charge is 0.496 e. The first-order valence-corrected chi connectivity index (χ1v) is 10.6. The molecule has 1 saturated heterocycles. The number of amides is 2. The minimum absolute atomic E-state index is 0.00156. The van der Waals surface area contributed by atoms with E-state index in [1.54, 1.807) is 23.3 Å². The third-order valence-electron chi connectivity index (χ3n) is 5.58. The monoisotopic (exact) mass is 399 g/mol. The third kappa shape index (κ3) is 3.76. The number of likely N-dealkylation sites (tertiary alicyclic amines) is 1. The van der Waals surface area contributed by atoms with E-state index in [9.17, 15) is 9.59 Å². The topological polar surface area (TPSA) is 71.5 Å². The minimum atomic E-state index is -0.475. The molecule has 1 aromatic carbocycles. The van der Waals surface area contributed by atoms with Gasteiger partial charge in [-0.15, -0.1) is 11.3 Å². The van der Waals surface area contributed by atoms with Crippen molar-refractivity contribution in [3.63, 3.8) is 0 Å². The van der Waals surface area contributed by atoms with E-state index < -0.39 is 6.04 Å². The molecule has 148 valence electrons. The van der Waals surface area contributed by atoms with Gasteiger partial charge >= 0.3 is 0 Å². The number of aryl methyl sites for hydroxylation is 1. The number of benzene rings is 1. The first-order chi connectivity index (χ1) is 13.5. The summed E-state index contributed by atoms with van der Waals surface area (Å²) in [5.74, 6) is 1.24. The molecule has 1 N–H and O–H groups in total. The molecule has 7 heteroatoms. The van der Waals surface area contributed by atoms with Gasteiger partial charge in [-0.1, -0.05) is 25.1 Å². The number of rotatable bonds is 5. The van der Waals surface area contributed by atoms with Gasteiger partial charge in [0, 0.05) is 16.9 Å². The smallest absolute Gasteiger partial charge is 0.248 e. The Labute approximate surface area is 168 Å². The maximum Gasteiger partial charge on any atom is 0.248 e. The summed E-state index contributed by atoms with van der Waals surface area (Å²) < 4.78 is 5.39. The molecule has 0 spiro atoms. The second kappa shape index (κ2) is 7.91. The lowest BCUT2D eigenvalue weighted by molar-refractivity contribution is -0.133. The Balaban J connectivity index is 1.48. The Morgan fingerprint density at radius 1 is 1.32 bits per heavy atom. The predicted molar refractivity (Wildman–Crippen MR) is 108 cm³/mol. The zero-order valence-corrected chi connectivity index (χ0v) is 17.1. The molecule has 1 aromatic heterocycles. The van der Waals surface area contributed by atoms with Gasteiger partial charge in [0.25, 0.3) is 0 Å². The number of ether oxygens (including phenoxy) is 1. The van der Waals surface area contributed by atoms with Crippen molar-refractivity contribution in [3.05, 3.63) is 40.4 Å². The van der Waals surface area contributed by atoms with Crippen molar-refractivity contribution in [1.82, 2.24) is 9.88 Å². The summed E-state index contributed by atoms with van der Waals surface area (Å²) >= 11 is 1.57. The number of nitrogens with one attached hydrogen (secondary N) is 1. The van der Waals surface area contributed by atoms with Crippen molar-refractivity contribution < 1.29 is 14.3 Å². The number of carbonyl (C=O) groups is 2. The minimum Gasteiger partial charge on any atom is -0.496 e. The Hall–Kier alpha value is -2.41. The van der Waals surface area contributed by atoms with Crippen LogP contribution in [0.5, 0.6) is 5.75 Å². The third-order valence-corrected chi connectivity index (χ3v) is 6.62. The van der Waals surface area contributed by atoms with Gasteiger partial charge in [-0.25, -0.2) is 4.98 Å². The Morgan fingerprint density at radius 3 is 2.96 bits per heavy atom. The molecule has 2 unspecified atom stereocenters. The van der Waals surface area contributed by atoms with E-state index in [-0.39, 0.29) is 11.8 Å². The van der Waals surface area contributed by atoms with Gasteiger partial charge in [0.2, 0.25) is 11.8 Å². The van der Waals surface area contributed by atoms with Crippen LogP contribution in [0.3, 0.4) is 0 Å². The lowest BCUT2D eigenvalue weighted by atomic mass is 9.93. The van der Waals surface area contributed by atoms with Gasteiger partial charge in [0.1, 0.15) is 11.8 Å². The average Bonchev–Trinajstić information content (AvgIpc) is 3.25. The summed E-state index contributed by atoms with van der Waals surface area (Å²) in [6, 6.07) is 7.12. The van der Waals surface area contributed by atoms with Crippen LogP contribution in [0.4, 0.5) is 5.13 Å². The number of carbonyl (C=O) groups excluding carboxylic acids is 2. The van der Waals surface area contributed by atoms with Crippen LogP contribution in [-0.4, -0.2) is 34.8 Å². The molecular weight excluding hydrogens is 374 g/mol. The van der Waals surface area contributed by atoms with E-state index in [0.717, 1.165) is 36.3 Å². The molecule has 1 aliphatic carbocycles. The molecule has 2 heterocycles. The summed E-state index contributed by atoms with van der Waals surface area (Å²) in [4.78, 5) is 32.9. The summed E-state index contributed by atoms with van der Waals surface area (Å²) in [7, 11) is 1.61. The van der Waals surface area contributed by atoms with Crippen LogP contribution in [0.2, 0.25) is 0 Å². The van der Waals surface area contributed by atoms with Crippen LogP contribution in [-0.2, 0) is 29.0 Å². The van der Waals surface area contributed by atoms with Crippen molar-refractivity contribution in [1.29, 1.82) is 0 Å². The highest BCUT2D eigenvalue weighted by atomic mass is 32.1. The number of methoxy groups -OCH3 is 1. The van der Waals surface area contributed by atoms with E-state index in [1.165, 1.54) is 4.88 Å². The van der Waals surface area contributed by atoms with E-state index in [0.29, 0.717) is 30.4 Å². The highest BCUT2D eigenvalue weighted by Gasteiger charge is 2.37. The zero-order valence-electron chi connectivity index (χ0n) is 16.2. The molecule has 0 bridgehead atoms. The van der Waals surface area contributed by atoms with Crippen LogP contribution < -0.4 is 10.1 Å². The predicted octanol–water partition coefficient (Wildman–Crippen LogP) is 3.41. The summed E-state index contributed by atoms with van der Waals surface area (Å²) in [6.45, 7) is 2.62. The quantitative estimate of drug-likeness (QED) is 0.836. The highest BCUT2D eigenvalue weighted by molar-refractivity contribution is 7.15. The van der Waals surface area contributed by atoms with E-state index >= 15 is 0 Å². The maximum atomic E-state index is 12.9. The summed E-state index contributed by atoms with van der Waals surface area (Å²) in [5.41, 5.74) is 2.02. The summed E-state index contributed by atoms with van der Waals surface area (Å²) in [6.07, 6.45) is 4.07. The van der Waals surface area contributed by atoms with Gasteiger partial charge in [-0.2, -0.15) is 0 Å². The molecule has 4 rings (SSSR count). The molecule has 0 radical (unpaired) electrons. The van der Waals surface area contributed by atoms with Crippen molar-refractivity contribution in [2.75, 3.05) is 12.4 Å². The molecule has 6 nitrogen and oxygen atoms in total. The average molecular weight is 400 g/mol. The van der Waals surface area contributed by atoms with Gasteiger partial charge in [-0.3, -0.25) is 9.59 Å². The molecule has 2 aliphatic rings. The fourth-order valence-electron chi connectivity index (χ4n) is 4.00. The second-order valence-corrected chi connectivity index (χ2v) is 8.70. The van der Waals surface area contributed by atoms with E-state index in [2.05, 4.69) is 17.2 Å². The highest BCUT2D eigenvalue weighted by Crippen LogP contribution is 2.33. The molecule has 2 amide bonds. The molecule has 28 heavy (non-hydrogen) atoms. The SMILES string of the molecule is COc1ccccc1CN1C(=O)CCC1C(=O)Nc1nc2c(s1)CC(C)CC2. The van der Waals surface area contributed by atoms with Gasteiger partial charge in [0.05, 0.1) is 19.3 Å². The fourth-order valence-corrected chi connectivity index (χ4v) is 5.18. The van der Waals surface area contributed by atoms with Crippen LogP contribution in [0, 0.1) is 5.92 Å². The normalized spacial score (nSPS) is 21.5. The van der Waals surface area contributed by atoms with Gasteiger partial charge in [0.15, 0.2) is 5.13 Å². The number of aromatic nitrogens is 1. The number of anilines is 1. The standard InChI is InChI=1S/C21H25N3O3S/c1-13-7-8-15-18(11-13)28-21(22-15)23-20(26)16-9-10-19(25)24(16)12-14-5-3-4-6-17(14)27-2/h3-6,13,16H,7-12H2,1-2H3,(H,22,23,26). The number of hydrogen-bond acceptors (Lipinski definition) is 5. The Kier molecular flexibility index (Phi) is 5.35. The first kappa shape index (κ1) is 18.9. The summed E-state index contributed by atoms with van der Waals surface area (Å²) in [5, 5.41) is 3.62. The van der Waals surface area contributed by atoms with Crippen molar-refractivity contribution in [2.24, 2.45) is 5.92 Å². The van der Waals surface area contributed by atoms with Crippen LogP contribution in [0.15, 0.2) is 24.3 Å². The van der Waals surface area contributed by atoms with E-state index in [4.69, 9.17) is 4.74 Å².